The van der Waals surface area contributed by atoms with E-state index < -0.39 is 0 Å². The van der Waals surface area contributed by atoms with Crippen molar-refractivity contribution in [2.75, 3.05) is 32.8 Å². The maximum atomic E-state index is 13.5. The van der Waals surface area contributed by atoms with Crippen molar-refractivity contribution in [3.8, 4) is 5.75 Å². The minimum absolute atomic E-state index is 0.0400. The van der Waals surface area contributed by atoms with Crippen LogP contribution >= 0.6 is 0 Å². The van der Waals surface area contributed by atoms with Crippen LogP contribution in [0, 0.1) is 6.92 Å². The van der Waals surface area contributed by atoms with E-state index in [1.807, 2.05) is 24.8 Å². The molecule has 1 unspecified atom stereocenters. The van der Waals surface area contributed by atoms with Gasteiger partial charge in [-0.3, -0.25) is 9.69 Å². The first-order valence-corrected chi connectivity index (χ1v) is 11.9. The summed E-state index contributed by atoms with van der Waals surface area (Å²) >= 11 is 0. The summed E-state index contributed by atoms with van der Waals surface area (Å²) in [6, 6.07) is 9.08. The molecule has 4 rings (SSSR count). The monoisotopic (exact) mass is 425 g/mol. The molecule has 0 N–H and O–H groups in total. The molecule has 31 heavy (non-hydrogen) atoms. The predicted molar refractivity (Wildman–Crippen MR) is 121 cm³/mol. The van der Waals surface area contributed by atoms with Crippen LogP contribution in [0.3, 0.4) is 0 Å². The largest absolute Gasteiger partial charge is 0.494 e. The van der Waals surface area contributed by atoms with Crippen molar-refractivity contribution in [1.82, 2.24) is 15.0 Å². The van der Waals surface area contributed by atoms with Crippen molar-refractivity contribution in [1.29, 1.82) is 0 Å². The second-order valence-corrected chi connectivity index (χ2v) is 8.78. The molecule has 0 spiro atoms. The van der Waals surface area contributed by atoms with E-state index in [1.54, 1.807) is 0 Å². The van der Waals surface area contributed by atoms with Gasteiger partial charge in [-0.05, 0) is 69.7 Å². The van der Waals surface area contributed by atoms with E-state index >= 15 is 0 Å². The first-order chi connectivity index (χ1) is 15.2. The summed E-state index contributed by atoms with van der Waals surface area (Å²) in [6.07, 6.45) is 7.51. The summed E-state index contributed by atoms with van der Waals surface area (Å²) in [5, 5.41) is 4.10. The van der Waals surface area contributed by atoms with Gasteiger partial charge < -0.3 is 14.2 Å². The van der Waals surface area contributed by atoms with Crippen molar-refractivity contribution in [2.24, 2.45) is 0 Å². The molecule has 1 atom stereocenters. The van der Waals surface area contributed by atoms with Gasteiger partial charge in [-0.25, -0.2) is 0 Å². The number of aryl methyl sites for hydroxylation is 3. The molecular weight excluding hydrogens is 390 g/mol. The lowest BCUT2D eigenvalue weighted by atomic mass is 9.95. The van der Waals surface area contributed by atoms with Gasteiger partial charge in [-0.15, -0.1) is 0 Å². The van der Waals surface area contributed by atoms with E-state index in [0.717, 1.165) is 50.3 Å². The minimum atomic E-state index is 0.0400. The van der Waals surface area contributed by atoms with Crippen LogP contribution in [0.4, 0.5) is 0 Å². The number of amides is 1. The van der Waals surface area contributed by atoms with Crippen LogP contribution in [0.5, 0.6) is 5.75 Å². The summed E-state index contributed by atoms with van der Waals surface area (Å²) in [5.41, 5.74) is 2.75. The fourth-order valence-corrected chi connectivity index (χ4v) is 4.91. The number of nitrogens with zero attached hydrogens (tertiary/aromatic N) is 3. The molecular formula is C25H35N3O3. The first-order valence-electron chi connectivity index (χ1n) is 11.9. The number of hydrogen-bond acceptors (Lipinski definition) is 5. The molecule has 2 aromatic rings. The van der Waals surface area contributed by atoms with Crippen LogP contribution in [-0.2, 0) is 12.8 Å². The summed E-state index contributed by atoms with van der Waals surface area (Å²) in [6.45, 7) is 7.89. The average molecular weight is 426 g/mol. The van der Waals surface area contributed by atoms with Crippen LogP contribution < -0.4 is 4.74 Å². The normalized spacial score (nSPS) is 21.1. The van der Waals surface area contributed by atoms with Crippen molar-refractivity contribution in [3.63, 3.8) is 0 Å². The number of carbonyl (C=O) groups excluding carboxylic acids is 1. The molecule has 2 aliphatic rings. The van der Waals surface area contributed by atoms with Gasteiger partial charge in [-0.2, -0.15) is 0 Å². The first kappa shape index (κ1) is 21.9. The summed E-state index contributed by atoms with van der Waals surface area (Å²) in [5.74, 6) is 1.58. The maximum absolute atomic E-state index is 13.5. The number of aromatic nitrogens is 1. The fraction of sp³-hybridized carbons (Fsp3) is 0.600. The van der Waals surface area contributed by atoms with Gasteiger partial charge in [0.25, 0.3) is 5.91 Å². The summed E-state index contributed by atoms with van der Waals surface area (Å²) in [4.78, 5) is 18.1. The highest BCUT2D eigenvalue weighted by Gasteiger charge is 2.27. The number of hydrogen-bond donors (Lipinski definition) is 0. The van der Waals surface area contributed by atoms with E-state index in [-0.39, 0.29) is 5.91 Å². The standard InChI is InChI=1S/C25H35N3O3/c1-3-23-24(19(2)31-26-23)25(29)28-14-7-17-30-22-10-6-8-20(18-22)11-12-21-9-4-5-13-27(21)15-16-28/h6,8,10,18,21H,3-5,7,9,11-17H2,1-2H3. The van der Waals surface area contributed by atoms with Crippen molar-refractivity contribution in [2.45, 2.75) is 64.8 Å². The van der Waals surface area contributed by atoms with Gasteiger partial charge in [0.05, 0.1) is 12.3 Å². The van der Waals surface area contributed by atoms with E-state index in [9.17, 15) is 4.79 Å². The third kappa shape index (κ3) is 5.29. The number of carbonyl (C=O) groups is 1. The molecule has 6 nitrogen and oxygen atoms in total. The molecule has 1 saturated heterocycles. The lowest BCUT2D eigenvalue weighted by Gasteiger charge is -2.37. The smallest absolute Gasteiger partial charge is 0.259 e. The highest BCUT2D eigenvalue weighted by atomic mass is 16.5. The number of ether oxygens (including phenoxy) is 1. The minimum Gasteiger partial charge on any atom is -0.494 e. The van der Waals surface area contributed by atoms with Gasteiger partial charge in [0.1, 0.15) is 17.1 Å². The Bertz CT molecular complexity index is 879. The molecule has 1 fully saturated rings. The highest BCUT2D eigenvalue weighted by Crippen LogP contribution is 2.24. The zero-order chi connectivity index (χ0) is 21.6. The Morgan fingerprint density at radius 2 is 2.03 bits per heavy atom. The van der Waals surface area contributed by atoms with Crippen molar-refractivity contribution >= 4 is 5.91 Å². The topological polar surface area (TPSA) is 58.8 Å². The van der Waals surface area contributed by atoms with E-state index in [4.69, 9.17) is 9.26 Å². The zero-order valence-corrected chi connectivity index (χ0v) is 18.9. The Morgan fingerprint density at radius 3 is 2.90 bits per heavy atom. The van der Waals surface area contributed by atoms with Crippen LogP contribution in [0.2, 0.25) is 0 Å². The second-order valence-electron chi connectivity index (χ2n) is 8.78. The number of rotatable bonds is 2. The molecule has 2 bridgehead atoms. The van der Waals surface area contributed by atoms with Gasteiger partial charge in [0.2, 0.25) is 0 Å². The van der Waals surface area contributed by atoms with E-state index in [1.165, 1.54) is 24.8 Å². The third-order valence-electron chi connectivity index (χ3n) is 6.68. The second kappa shape index (κ2) is 10.3. The SMILES string of the molecule is CCc1noc(C)c1C(=O)N1CCCOc2cccc(c2)CCC2CCCCN2CC1. The third-order valence-corrected chi connectivity index (χ3v) is 6.68. The van der Waals surface area contributed by atoms with Gasteiger partial charge in [0, 0.05) is 25.7 Å². The molecule has 3 heterocycles. The fourth-order valence-electron chi connectivity index (χ4n) is 4.91. The lowest BCUT2D eigenvalue weighted by Crippen LogP contribution is -2.46. The molecule has 0 aliphatic carbocycles. The van der Waals surface area contributed by atoms with Crippen molar-refractivity contribution in [3.05, 3.63) is 46.8 Å². The Labute approximate surface area is 185 Å². The van der Waals surface area contributed by atoms with Crippen LogP contribution in [0.25, 0.3) is 0 Å². The zero-order valence-electron chi connectivity index (χ0n) is 18.9. The molecule has 0 saturated carbocycles. The summed E-state index contributed by atoms with van der Waals surface area (Å²) < 4.78 is 11.4. The lowest BCUT2D eigenvalue weighted by molar-refractivity contribution is 0.0680. The Balaban J connectivity index is 1.54. The number of benzene rings is 1. The highest BCUT2D eigenvalue weighted by molar-refractivity contribution is 5.96. The average Bonchev–Trinajstić information content (AvgIpc) is 3.17. The summed E-state index contributed by atoms with van der Waals surface area (Å²) in [7, 11) is 0. The Kier molecular flexibility index (Phi) is 7.28. The van der Waals surface area contributed by atoms with Gasteiger partial charge >= 0.3 is 0 Å². The molecule has 168 valence electrons. The van der Waals surface area contributed by atoms with Crippen LogP contribution in [0.15, 0.2) is 28.8 Å². The molecule has 6 heteroatoms. The van der Waals surface area contributed by atoms with E-state index in [0.29, 0.717) is 36.9 Å². The molecule has 1 amide bonds. The molecule has 1 aromatic heterocycles. The number of piperidine rings is 1. The van der Waals surface area contributed by atoms with Gasteiger partial charge in [-0.1, -0.05) is 30.6 Å². The number of fused-ring (bicyclic) bond motifs is 3. The van der Waals surface area contributed by atoms with Crippen LogP contribution in [0.1, 0.15) is 66.4 Å². The molecule has 0 radical (unpaired) electrons. The Morgan fingerprint density at radius 1 is 1.13 bits per heavy atom. The Hall–Kier alpha value is -2.34. The van der Waals surface area contributed by atoms with Crippen LogP contribution in [-0.4, -0.2) is 59.7 Å². The molecule has 2 aliphatic heterocycles. The predicted octanol–water partition coefficient (Wildman–Crippen LogP) is 4.26. The van der Waals surface area contributed by atoms with Crippen molar-refractivity contribution < 1.29 is 14.1 Å². The van der Waals surface area contributed by atoms with E-state index in [2.05, 4.69) is 28.3 Å². The quantitative estimate of drug-likeness (QED) is 0.720. The molecule has 1 aromatic carbocycles. The maximum Gasteiger partial charge on any atom is 0.259 e. The van der Waals surface area contributed by atoms with Gasteiger partial charge in [0.15, 0.2) is 0 Å².